The maximum Gasteiger partial charge on any atom is 0.192 e. The molecule has 0 aliphatic carbocycles. The standard InChI is InChI=1S/C11H26O2Si/c1-9(8-12)10(2)13-14(6,7)11(3,4)5/h9-10,12H,8H2,1-7H3/t9-,10-/m1/s1. The van der Waals surface area contributed by atoms with Crippen LogP contribution in [0.1, 0.15) is 34.6 Å². The minimum absolute atomic E-state index is 0.154. The number of rotatable bonds is 4. The normalized spacial score (nSPS) is 18.0. The third-order valence-electron chi connectivity index (χ3n) is 3.38. The van der Waals surface area contributed by atoms with Crippen LogP contribution >= 0.6 is 0 Å². The highest BCUT2D eigenvalue weighted by atomic mass is 28.4. The first kappa shape index (κ1) is 14.1. The van der Waals surface area contributed by atoms with Crippen molar-refractivity contribution in [1.82, 2.24) is 0 Å². The topological polar surface area (TPSA) is 29.5 Å². The van der Waals surface area contributed by atoms with E-state index in [4.69, 9.17) is 9.53 Å². The first-order valence-corrected chi connectivity index (χ1v) is 8.31. The molecule has 86 valence electrons. The fourth-order valence-corrected chi connectivity index (χ4v) is 2.42. The van der Waals surface area contributed by atoms with Crippen LogP contribution in [0.15, 0.2) is 0 Å². The predicted octanol–water partition coefficient (Wildman–Crippen LogP) is 3.03. The zero-order chi connectivity index (χ0) is 11.6. The Balaban J connectivity index is 4.36. The van der Waals surface area contributed by atoms with Crippen LogP contribution < -0.4 is 0 Å². The van der Waals surface area contributed by atoms with Crippen LogP contribution in [0.4, 0.5) is 0 Å². The zero-order valence-corrected chi connectivity index (χ0v) is 11.7. The summed E-state index contributed by atoms with van der Waals surface area (Å²) in [6.07, 6.45) is 0.154. The lowest BCUT2D eigenvalue weighted by Crippen LogP contribution is -2.45. The van der Waals surface area contributed by atoms with Crippen LogP contribution in [-0.2, 0) is 4.43 Å². The average Bonchev–Trinajstić information content (AvgIpc) is 2.00. The second-order valence-corrected chi connectivity index (χ2v) is 10.5. The molecule has 14 heavy (non-hydrogen) atoms. The van der Waals surface area contributed by atoms with Gasteiger partial charge in [-0.2, -0.15) is 0 Å². The van der Waals surface area contributed by atoms with Crippen molar-refractivity contribution in [1.29, 1.82) is 0 Å². The Kier molecular flexibility index (Phi) is 4.82. The highest BCUT2D eigenvalue weighted by Gasteiger charge is 2.38. The molecule has 0 bridgehead atoms. The van der Waals surface area contributed by atoms with E-state index in [1.807, 2.05) is 6.92 Å². The minimum Gasteiger partial charge on any atom is -0.414 e. The predicted molar refractivity (Wildman–Crippen MR) is 64.0 cm³/mol. The van der Waals surface area contributed by atoms with E-state index in [0.717, 1.165) is 0 Å². The molecule has 0 amide bonds. The van der Waals surface area contributed by atoms with Gasteiger partial charge in [0.1, 0.15) is 0 Å². The summed E-state index contributed by atoms with van der Waals surface area (Å²) in [5.41, 5.74) is 0. The SMILES string of the molecule is C[C@H](CO)[C@@H](C)O[Si](C)(C)C(C)(C)C. The van der Waals surface area contributed by atoms with Gasteiger partial charge in [-0.15, -0.1) is 0 Å². The number of aliphatic hydroxyl groups is 1. The second kappa shape index (κ2) is 4.77. The Morgan fingerprint density at radius 1 is 1.21 bits per heavy atom. The molecule has 3 heteroatoms. The summed E-state index contributed by atoms with van der Waals surface area (Å²) in [5, 5.41) is 9.29. The lowest BCUT2D eigenvalue weighted by molar-refractivity contribution is 0.0984. The molecular formula is C11H26O2Si. The van der Waals surface area contributed by atoms with Gasteiger partial charge in [0.05, 0.1) is 0 Å². The van der Waals surface area contributed by atoms with Crippen molar-refractivity contribution in [3.63, 3.8) is 0 Å². The highest BCUT2D eigenvalue weighted by Crippen LogP contribution is 2.37. The van der Waals surface area contributed by atoms with Crippen molar-refractivity contribution in [2.45, 2.75) is 58.9 Å². The van der Waals surface area contributed by atoms with Gasteiger partial charge in [0.25, 0.3) is 0 Å². The van der Waals surface area contributed by atoms with Crippen molar-refractivity contribution in [2.24, 2.45) is 5.92 Å². The third kappa shape index (κ3) is 3.71. The molecule has 1 N–H and O–H groups in total. The highest BCUT2D eigenvalue weighted by molar-refractivity contribution is 6.74. The van der Waals surface area contributed by atoms with E-state index < -0.39 is 8.32 Å². The second-order valence-electron chi connectivity index (χ2n) is 5.74. The van der Waals surface area contributed by atoms with Crippen LogP contribution in [-0.4, -0.2) is 26.1 Å². The average molecular weight is 218 g/mol. The molecule has 0 radical (unpaired) electrons. The van der Waals surface area contributed by atoms with E-state index in [9.17, 15) is 0 Å². The molecule has 0 rings (SSSR count). The molecule has 0 saturated heterocycles. The molecule has 0 aromatic carbocycles. The zero-order valence-electron chi connectivity index (χ0n) is 10.7. The summed E-state index contributed by atoms with van der Waals surface area (Å²) in [5.74, 6) is 0.226. The molecule has 0 spiro atoms. The maximum absolute atomic E-state index is 9.04. The van der Waals surface area contributed by atoms with Gasteiger partial charge in [-0.1, -0.05) is 27.7 Å². The number of hydrogen-bond donors (Lipinski definition) is 1. The van der Waals surface area contributed by atoms with Gasteiger partial charge in [-0.25, -0.2) is 0 Å². The van der Waals surface area contributed by atoms with E-state index >= 15 is 0 Å². The summed E-state index contributed by atoms with van der Waals surface area (Å²) < 4.78 is 6.13. The van der Waals surface area contributed by atoms with E-state index in [1.54, 1.807) is 0 Å². The van der Waals surface area contributed by atoms with Crippen LogP contribution in [0.5, 0.6) is 0 Å². The Morgan fingerprint density at radius 2 is 1.64 bits per heavy atom. The summed E-state index contributed by atoms with van der Waals surface area (Å²) in [6.45, 7) is 15.5. The molecule has 0 aromatic rings. The van der Waals surface area contributed by atoms with Crippen LogP contribution in [0.3, 0.4) is 0 Å². The Morgan fingerprint density at radius 3 is 1.93 bits per heavy atom. The quantitative estimate of drug-likeness (QED) is 0.735. The molecule has 0 heterocycles. The third-order valence-corrected chi connectivity index (χ3v) is 7.95. The maximum atomic E-state index is 9.04. The molecule has 2 nitrogen and oxygen atoms in total. The molecule has 0 aliphatic heterocycles. The van der Waals surface area contributed by atoms with Crippen LogP contribution in [0, 0.1) is 5.92 Å². The molecule has 0 saturated carbocycles. The summed E-state index contributed by atoms with van der Waals surface area (Å²) in [6, 6.07) is 0. The fraction of sp³-hybridized carbons (Fsp3) is 1.00. The van der Waals surface area contributed by atoms with Gasteiger partial charge in [0.2, 0.25) is 0 Å². The van der Waals surface area contributed by atoms with Crippen molar-refractivity contribution in [3.05, 3.63) is 0 Å². The Hall–Kier alpha value is 0.137. The Bertz CT molecular complexity index is 173. The molecular weight excluding hydrogens is 192 g/mol. The van der Waals surface area contributed by atoms with E-state index in [-0.39, 0.29) is 23.7 Å². The smallest absolute Gasteiger partial charge is 0.192 e. The van der Waals surface area contributed by atoms with Crippen molar-refractivity contribution in [2.75, 3.05) is 6.61 Å². The lowest BCUT2D eigenvalue weighted by Gasteiger charge is -2.39. The molecule has 0 aromatic heterocycles. The summed E-state index contributed by atoms with van der Waals surface area (Å²) >= 11 is 0. The Labute approximate surface area is 89.8 Å². The van der Waals surface area contributed by atoms with Crippen LogP contribution in [0.25, 0.3) is 0 Å². The van der Waals surface area contributed by atoms with E-state index in [2.05, 4.69) is 40.8 Å². The largest absolute Gasteiger partial charge is 0.414 e. The molecule has 2 atom stereocenters. The number of hydrogen-bond acceptors (Lipinski definition) is 2. The monoisotopic (exact) mass is 218 g/mol. The molecule has 0 unspecified atom stereocenters. The fourth-order valence-electron chi connectivity index (χ4n) is 0.906. The number of aliphatic hydroxyl groups excluding tert-OH is 1. The lowest BCUT2D eigenvalue weighted by atomic mass is 10.1. The van der Waals surface area contributed by atoms with E-state index in [0.29, 0.717) is 0 Å². The molecule has 0 fully saturated rings. The van der Waals surface area contributed by atoms with Gasteiger partial charge in [-0.3, -0.25) is 0 Å². The summed E-state index contributed by atoms with van der Waals surface area (Å²) in [7, 11) is -1.66. The summed E-state index contributed by atoms with van der Waals surface area (Å²) in [4.78, 5) is 0. The van der Waals surface area contributed by atoms with Gasteiger partial charge < -0.3 is 9.53 Å². The van der Waals surface area contributed by atoms with Crippen LogP contribution in [0.2, 0.25) is 18.1 Å². The minimum atomic E-state index is -1.66. The van der Waals surface area contributed by atoms with Gasteiger partial charge in [0, 0.05) is 18.6 Å². The molecule has 0 aliphatic rings. The van der Waals surface area contributed by atoms with Gasteiger partial charge >= 0.3 is 0 Å². The first-order valence-electron chi connectivity index (χ1n) is 5.40. The first-order chi connectivity index (χ1) is 6.12. The van der Waals surface area contributed by atoms with Gasteiger partial charge in [0.15, 0.2) is 8.32 Å². The van der Waals surface area contributed by atoms with E-state index in [1.165, 1.54) is 0 Å². The van der Waals surface area contributed by atoms with Crippen molar-refractivity contribution < 1.29 is 9.53 Å². The van der Waals surface area contributed by atoms with Gasteiger partial charge in [-0.05, 0) is 25.1 Å². The van der Waals surface area contributed by atoms with Crippen molar-refractivity contribution in [3.8, 4) is 0 Å². The van der Waals surface area contributed by atoms with Crippen molar-refractivity contribution >= 4 is 8.32 Å².